The van der Waals surface area contributed by atoms with Gasteiger partial charge in [-0.15, -0.1) is 0 Å². The number of hydrogen-bond donors (Lipinski definition) is 0. The first-order valence-corrected chi connectivity index (χ1v) is 6.69. The molecule has 0 fully saturated rings. The van der Waals surface area contributed by atoms with Crippen molar-refractivity contribution in [2.75, 3.05) is 18.6 Å². The lowest BCUT2D eigenvalue weighted by Crippen LogP contribution is -2.18. The van der Waals surface area contributed by atoms with Crippen LogP contribution in [0.25, 0.3) is 0 Å². The van der Waals surface area contributed by atoms with Gasteiger partial charge in [0.1, 0.15) is 11.6 Å². The molecule has 5 heteroatoms. The largest absolute Gasteiger partial charge is 0.462 e. The molecule has 0 aliphatic carbocycles. The number of rotatable bonds is 5. The van der Waals surface area contributed by atoms with Crippen LogP contribution in [0.3, 0.4) is 0 Å². The average Bonchev–Trinajstić information content (AvgIpc) is 2.47. The zero-order valence-corrected chi connectivity index (χ0v) is 12.0. The standard InChI is InChI=1S/C16H17FN2O2/c1-3-21-16(20)13-7-8-15(18-10-13)19(2)11-12-5-4-6-14(17)9-12/h4-10H,3,11H2,1-2H3. The molecule has 0 aliphatic rings. The summed E-state index contributed by atoms with van der Waals surface area (Å²) in [5.74, 6) is 0.0585. The van der Waals surface area contributed by atoms with Gasteiger partial charge < -0.3 is 9.64 Å². The van der Waals surface area contributed by atoms with Crippen LogP contribution in [0.2, 0.25) is 0 Å². The fourth-order valence-corrected chi connectivity index (χ4v) is 1.94. The molecule has 0 N–H and O–H groups in total. The molecule has 21 heavy (non-hydrogen) atoms. The van der Waals surface area contributed by atoms with Crippen molar-refractivity contribution >= 4 is 11.8 Å². The molecule has 0 unspecified atom stereocenters. The summed E-state index contributed by atoms with van der Waals surface area (Å²) in [5.41, 5.74) is 1.27. The number of anilines is 1. The fraction of sp³-hybridized carbons (Fsp3) is 0.250. The Balaban J connectivity index is 2.06. The van der Waals surface area contributed by atoms with Crippen molar-refractivity contribution in [1.29, 1.82) is 0 Å². The predicted molar refractivity (Wildman–Crippen MR) is 78.7 cm³/mol. The summed E-state index contributed by atoms with van der Waals surface area (Å²) in [6.07, 6.45) is 1.48. The van der Waals surface area contributed by atoms with E-state index < -0.39 is 0 Å². The lowest BCUT2D eigenvalue weighted by atomic mass is 10.2. The number of nitrogens with zero attached hydrogens (tertiary/aromatic N) is 2. The molecular weight excluding hydrogens is 271 g/mol. The number of benzene rings is 1. The molecule has 0 saturated heterocycles. The van der Waals surface area contributed by atoms with Crippen LogP contribution in [-0.2, 0) is 11.3 Å². The quantitative estimate of drug-likeness (QED) is 0.793. The molecule has 4 nitrogen and oxygen atoms in total. The normalized spacial score (nSPS) is 10.2. The highest BCUT2D eigenvalue weighted by Crippen LogP contribution is 2.14. The third-order valence-electron chi connectivity index (χ3n) is 2.96. The van der Waals surface area contributed by atoms with Crippen molar-refractivity contribution in [3.8, 4) is 0 Å². The van der Waals surface area contributed by atoms with Crippen LogP contribution in [0.4, 0.5) is 10.2 Å². The summed E-state index contributed by atoms with van der Waals surface area (Å²) in [4.78, 5) is 17.6. The summed E-state index contributed by atoms with van der Waals surface area (Å²) in [7, 11) is 1.86. The number of carbonyl (C=O) groups excluding carboxylic acids is 1. The third kappa shape index (κ3) is 4.02. The number of hydrogen-bond acceptors (Lipinski definition) is 4. The van der Waals surface area contributed by atoms with E-state index >= 15 is 0 Å². The molecule has 0 amide bonds. The summed E-state index contributed by atoms with van der Waals surface area (Å²) in [6, 6.07) is 9.84. The maximum atomic E-state index is 13.1. The maximum absolute atomic E-state index is 13.1. The van der Waals surface area contributed by atoms with Gasteiger partial charge in [0.2, 0.25) is 0 Å². The highest BCUT2D eigenvalue weighted by Gasteiger charge is 2.09. The van der Waals surface area contributed by atoms with Crippen molar-refractivity contribution in [2.24, 2.45) is 0 Å². The second-order valence-electron chi connectivity index (χ2n) is 4.61. The zero-order valence-electron chi connectivity index (χ0n) is 12.0. The van der Waals surface area contributed by atoms with E-state index in [4.69, 9.17) is 4.74 Å². The van der Waals surface area contributed by atoms with E-state index in [1.807, 2.05) is 18.0 Å². The number of halogens is 1. The van der Waals surface area contributed by atoms with Gasteiger partial charge in [-0.05, 0) is 36.8 Å². The van der Waals surface area contributed by atoms with E-state index in [0.29, 0.717) is 24.5 Å². The molecule has 0 bridgehead atoms. The van der Waals surface area contributed by atoms with Crippen molar-refractivity contribution < 1.29 is 13.9 Å². The summed E-state index contributed by atoms with van der Waals surface area (Å²) in [5, 5.41) is 0. The molecule has 2 rings (SSSR count). The molecule has 2 aromatic rings. The van der Waals surface area contributed by atoms with Crippen molar-refractivity contribution in [2.45, 2.75) is 13.5 Å². The van der Waals surface area contributed by atoms with E-state index in [0.717, 1.165) is 5.56 Å². The van der Waals surface area contributed by atoms with Crippen molar-refractivity contribution in [3.05, 3.63) is 59.5 Å². The molecule has 0 atom stereocenters. The molecule has 1 aromatic carbocycles. The number of aromatic nitrogens is 1. The smallest absolute Gasteiger partial charge is 0.339 e. The molecule has 0 radical (unpaired) electrons. The van der Waals surface area contributed by atoms with E-state index in [2.05, 4.69) is 4.98 Å². The van der Waals surface area contributed by atoms with Gasteiger partial charge in [-0.1, -0.05) is 12.1 Å². The van der Waals surface area contributed by atoms with Gasteiger partial charge in [-0.2, -0.15) is 0 Å². The molecule has 0 aliphatic heterocycles. The molecular formula is C16H17FN2O2. The van der Waals surface area contributed by atoms with Gasteiger partial charge in [0.25, 0.3) is 0 Å². The minimum absolute atomic E-state index is 0.258. The number of pyridine rings is 1. The summed E-state index contributed by atoms with van der Waals surface area (Å²) >= 11 is 0. The Labute approximate surface area is 123 Å². The Morgan fingerprint density at radius 3 is 2.76 bits per heavy atom. The molecule has 0 spiro atoms. The highest BCUT2D eigenvalue weighted by molar-refractivity contribution is 5.89. The van der Waals surface area contributed by atoms with Gasteiger partial charge in [0.05, 0.1) is 12.2 Å². The van der Waals surface area contributed by atoms with Gasteiger partial charge in [0.15, 0.2) is 0 Å². The fourth-order valence-electron chi connectivity index (χ4n) is 1.94. The Morgan fingerprint density at radius 2 is 2.14 bits per heavy atom. The van der Waals surface area contributed by atoms with Crippen LogP contribution in [0, 0.1) is 5.82 Å². The van der Waals surface area contributed by atoms with E-state index in [1.54, 1.807) is 25.1 Å². The molecule has 1 heterocycles. The predicted octanol–water partition coefficient (Wildman–Crippen LogP) is 3.03. The highest BCUT2D eigenvalue weighted by atomic mass is 19.1. The monoisotopic (exact) mass is 288 g/mol. The van der Waals surface area contributed by atoms with Gasteiger partial charge in [0, 0.05) is 19.8 Å². The summed E-state index contributed by atoms with van der Waals surface area (Å²) < 4.78 is 18.1. The van der Waals surface area contributed by atoms with Crippen molar-refractivity contribution in [3.63, 3.8) is 0 Å². The minimum Gasteiger partial charge on any atom is -0.462 e. The topological polar surface area (TPSA) is 42.4 Å². The van der Waals surface area contributed by atoms with E-state index in [-0.39, 0.29) is 11.8 Å². The Hall–Kier alpha value is -2.43. The maximum Gasteiger partial charge on any atom is 0.339 e. The Morgan fingerprint density at radius 1 is 1.33 bits per heavy atom. The zero-order chi connectivity index (χ0) is 15.2. The average molecular weight is 288 g/mol. The van der Waals surface area contributed by atoms with Crippen LogP contribution >= 0.6 is 0 Å². The van der Waals surface area contributed by atoms with Crippen LogP contribution in [-0.4, -0.2) is 24.6 Å². The number of ether oxygens (including phenoxy) is 1. The third-order valence-corrected chi connectivity index (χ3v) is 2.96. The first kappa shape index (κ1) is 15.0. The van der Waals surface area contributed by atoms with Crippen LogP contribution < -0.4 is 4.90 Å². The lowest BCUT2D eigenvalue weighted by molar-refractivity contribution is 0.0526. The van der Waals surface area contributed by atoms with Crippen LogP contribution in [0.5, 0.6) is 0 Å². The van der Waals surface area contributed by atoms with E-state index in [9.17, 15) is 9.18 Å². The molecule has 110 valence electrons. The van der Waals surface area contributed by atoms with Gasteiger partial charge in [-0.25, -0.2) is 14.2 Å². The van der Waals surface area contributed by atoms with Crippen molar-refractivity contribution in [1.82, 2.24) is 4.98 Å². The van der Waals surface area contributed by atoms with Gasteiger partial charge in [-0.3, -0.25) is 0 Å². The first-order chi connectivity index (χ1) is 10.1. The van der Waals surface area contributed by atoms with Crippen LogP contribution in [0.1, 0.15) is 22.8 Å². The second kappa shape index (κ2) is 6.83. The molecule has 1 aromatic heterocycles. The Kier molecular flexibility index (Phi) is 4.87. The SMILES string of the molecule is CCOC(=O)c1ccc(N(C)Cc2cccc(F)c2)nc1. The summed E-state index contributed by atoms with van der Waals surface area (Å²) in [6.45, 7) is 2.62. The first-order valence-electron chi connectivity index (χ1n) is 6.69. The van der Waals surface area contributed by atoms with Gasteiger partial charge >= 0.3 is 5.97 Å². The second-order valence-corrected chi connectivity index (χ2v) is 4.61. The van der Waals surface area contributed by atoms with Crippen LogP contribution in [0.15, 0.2) is 42.6 Å². The Bertz CT molecular complexity index is 614. The number of esters is 1. The lowest BCUT2D eigenvalue weighted by Gasteiger charge is -2.18. The number of carbonyl (C=O) groups is 1. The van der Waals surface area contributed by atoms with E-state index in [1.165, 1.54) is 18.3 Å². The molecule has 0 saturated carbocycles. The minimum atomic E-state index is -0.385.